The van der Waals surface area contributed by atoms with Crippen LogP contribution in [0.15, 0.2) is 24.3 Å². The van der Waals surface area contributed by atoms with Gasteiger partial charge < -0.3 is 10.6 Å². The first-order valence-electron chi connectivity index (χ1n) is 5.32. The fourth-order valence-corrected chi connectivity index (χ4v) is 2.60. The molecule has 1 aliphatic carbocycles. The second kappa shape index (κ2) is 2.83. The van der Waals surface area contributed by atoms with Gasteiger partial charge in [0.1, 0.15) is 0 Å². The minimum absolute atomic E-state index is 0.0486. The highest BCUT2D eigenvalue weighted by atomic mass is 16.2. The lowest BCUT2D eigenvalue weighted by atomic mass is 10.1. The monoisotopic (exact) mass is 202 g/mol. The van der Waals surface area contributed by atoms with E-state index in [1.54, 1.807) is 4.90 Å². The number of para-hydroxylation sites is 1. The molecule has 3 nitrogen and oxygen atoms in total. The minimum Gasteiger partial charge on any atom is -0.320 e. The summed E-state index contributed by atoms with van der Waals surface area (Å²) < 4.78 is 0. The Morgan fingerprint density at radius 1 is 1.40 bits per heavy atom. The summed E-state index contributed by atoms with van der Waals surface area (Å²) >= 11 is 0. The first-order valence-corrected chi connectivity index (χ1v) is 5.32. The third kappa shape index (κ3) is 1.13. The standard InChI is InChI=1S/C12H14N2O/c1-14-10-5-3-2-4-7(10)8-6-9(8)11(13)12(14)15/h2-5,8-9,11H,6,13H2,1H3/t8-,9-,11+/m0/s1. The summed E-state index contributed by atoms with van der Waals surface area (Å²) in [6.45, 7) is 0. The summed E-state index contributed by atoms with van der Waals surface area (Å²) in [5.41, 5.74) is 8.26. The van der Waals surface area contributed by atoms with E-state index < -0.39 is 0 Å². The molecule has 0 spiro atoms. The van der Waals surface area contributed by atoms with Gasteiger partial charge in [-0.2, -0.15) is 0 Å². The highest BCUT2D eigenvalue weighted by Crippen LogP contribution is 2.53. The van der Waals surface area contributed by atoms with Gasteiger partial charge in [0.25, 0.3) is 0 Å². The van der Waals surface area contributed by atoms with Gasteiger partial charge in [-0.05, 0) is 29.9 Å². The molecule has 3 atom stereocenters. The van der Waals surface area contributed by atoms with Crippen LogP contribution in [0.3, 0.4) is 0 Å². The highest BCUT2D eigenvalue weighted by Gasteiger charge is 2.49. The zero-order chi connectivity index (χ0) is 10.6. The Morgan fingerprint density at radius 3 is 2.93 bits per heavy atom. The Kier molecular flexibility index (Phi) is 1.68. The lowest BCUT2D eigenvalue weighted by Gasteiger charge is -2.20. The van der Waals surface area contributed by atoms with Gasteiger partial charge in [0.15, 0.2) is 0 Å². The van der Waals surface area contributed by atoms with Crippen molar-refractivity contribution in [2.45, 2.75) is 18.4 Å². The summed E-state index contributed by atoms with van der Waals surface area (Å²) in [5.74, 6) is 0.918. The van der Waals surface area contributed by atoms with Crippen LogP contribution in [0, 0.1) is 5.92 Å². The summed E-state index contributed by atoms with van der Waals surface area (Å²) in [4.78, 5) is 13.6. The molecule has 1 fully saturated rings. The maximum absolute atomic E-state index is 11.9. The van der Waals surface area contributed by atoms with E-state index in [1.165, 1.54) is 5.56 Å². The maximum atomic E-state index is 11.9. The summed E-state index contributed by atoms with van der Waals surface area (Å²) in [5, 5.41) is 0. The van der Waals surface area contributed by atoms with Crippen LogP contribution in [0.2, 0.25) is 0 Å². The van der Waals surface area contributed by atoms with Crippen molar-refractivity contribution in [1.82, 2.24) is 0 Å². The van der Waals surface area contributed by atoms with E-state index in [1.807, 2.05) is 25.2 Å². The van der Waals surface area contributed by atoms with E-state index in [9.17, 15) is 4.79 Å². The lowest BCUT2D eigenvalue weighted by molar-refractivity contribution is -0.119. The Hall–Kier alpha value is -1.35. The number of nitrogens with two attached hydrogens (primary N) is 1. The maximum Gasteiger partial charge on any atom is 0.243 e. The number of amides is 1. The van der Waals surface area contributed by atoms with Crippen LogP contribution in [0.4, 0.5) is 5.69 Å². The fourth-order valence-electron chi connectivity index (χ4n) is 2.60. The van der Waals surface area contributed by atoms with Gasteiger partial charge in [-0.25, -0.2) is 0 Å². The van der Waals surface area contributed by atoms with Gasteiger partial charge in [-0.1, -0.05) is 18.2 Å². The van der Waals surface area contributed by atoms with Gasteiger partial charge in [0.05, 0.1) is 6.04 Å². The molecule has 1 amide bonds. The predicted octanol–water partition coefficient (Wildman–Crippen LogP) is 1.09. The number of carbonyl (C=O) groups excluding carboxylic acids is 1. The van der Waals surface area contributed by atoms with Crippen molar-refractivity contribution < 1.29 is 4.79 Å². The molecule has 3 rings (SSSR count). The molecule has 3 heteroatoms. The molecule has 1 aliphatic heterocycles. The Bertz CT molecular complexity index is 429. The summed E-state index contributed by atoms with van der Waals surface area (Å²) in [6, 6.07) is 7.80. The zero-order valence-electron chi connectivity index (χ0n) is 8.68. The van der Waals surface area contributed by atoms with Gasteiger partial charge >= 0.3 is 0 Å². The SMILES string of the molecule is CN1C(=O)[C@H](N)[C@H]2C[C@H]2c2ccccc21. The van der Waals surface area contributed by atoms with E-state index in [0.717, 1.165) is 12.1 Å². The number of anilines is 1. The van der Waals surface area contributed by atoms with E-state index in [4.69, 9.17) is 5.73 Å². The molecular weight excluding hydrogens is 188 g/mol. The first-order chi connectivity index (χ1) is 7.20. The zero-order valence-corrected chi connectivity index (χ0v) is 8.68. The molecule has 1 saturated carbocycles. The van der Waals surface area contributed by atoms with Gasteiger partial charge in [-0.3, -0.25) is 4.79 Å². The highest BCUT2D eigenvalue weighted by molar-refractivity contribution is 5.99. The molecule has 1 aromatic rings. The van der Waals surface area contributed by atoms with Crippen molar-refractivity contribution in [3.63, 3.8) is 0 Å². The second-order valence-electron chi connectivity index (χ2n) is 4.49. The molecule has 1 aromatic carbocycles. The van der Waals surface area contributed by atoms with E-state index in [0.29, 0.717) is 11.8 Å². The number of carbonyl (C=O) groups is 1. The Balaban J connectivity index is 2.14. The second-order valence-corrected chi connectivity index (χ2v) is 4.49. The topological polar surface area (TPSA) is 46.3 Å². The number of likely N-dealkylation sites (N-methyl/N-ethyl adjacent to an activating group) is 1. The lowest BCUT2D eigenvalue weighted by Crippen LogP contribution is -2.42. The van der Waals surface area contributed by atoms with Crippen molar-refractivity contribution in [1.29, 1.82) is 0 Å². The molecule has 1 heterocycles. The molecule has 0 unspecified atom stereocenters. The van der Waals surface area contributed by atoms with Crippen LogP contribution >= 0.6 is 0 Å². The summed E-state index contributed by atoms with van der Waals surface area (Å²) in [6.07, 6.45) is 1.07. The van der Waals surface area contributed by atoms with Crippen LogP contribution in [0.5, 0.6) is 0 Å². The third-order valence-corrected chi connectivity index (χ3v) is 3.61. The van der Waals surface area contributed by atoms with Crippen molar-refractivity contribution in [3.8, 4) is 0 Å². The average molecular weight is 202 g/mol. The van der Waals surface area contributed by atoms with Crippen LogP contribution in [0.1, 0.15) is 17.9 Å². The largest absolute Gasteiger partial charge is 0.320 e. The van der Waals surface area contributed by atoms with E-state index >= 15 is 0 Å². The minimum atomic E-state index is -0.313. The van der Waals surface area contributed by atoms with Crippen molar-refractivity contribution >= 4 is 11.6 Å². The molecule has 0 saturated heterocycles. The van der Waals surface area contributed by atoms with E-state index in [-0.39, 0.29) is 11.9 Å². The molecule has 0 radical (unpaired) electrons. The number of rotatable bonds is 0. The van der Waals surface area contributed by atoms with Crippen LogP contribution < -0.4 is 10.6 Å². The van der Waals surface area contributed by atoms with Gasteiger partial charge in [-0.15, -0.1) is 0 Å². The number of benzene rings is 1. The Labute approximate surface area is 88.9 Å². The fraction of sp³-hybridized carbons (Fsp3) is 0.417. The molecule has 2 N–H and O–H groups in total. The third-order valence-electron chi connectivity index (χ3n) is 3.61. The molecule has 0 bridgehead atoms. The number of hydrogen-bond donors (Lipinski definition) is 1. The van der Waals surface area contributed by atoms with Crippen molar-refractivity contribution in [3.05, 3.63) is 29.8 Å². The quantitative estimate of drug-likeness (QED) is 0.684. The smallest absolute Gasteiger partial charge is 0.243 e. The van der Waals surface area contributed by atoms with E-state index in [2.05, 4.69) is 6.07 Å². The van der Waals surface area contributed by atoms with Crippen LogP contribution in [-0.2, 0) is 4.79 Å². The predicted molar refractivity (Wildman–Crippen MR) is 58.7 cm³/mol. The normalized spacial score (nSPS) is 33.1. The average Bonchev–Trinajstić information content (AvgIpc) is 3.05. The Morgan fingerprint density at radius 2 is 2.13 bits per heavy atom. The van der Waals surface area contributed by atoms with Crippen LogP contribution in [-0.4, -0.2) is 19.0 Å². The van der Waals surface area contributed by atoms with Crippen LogP contribution in [0.25, 0.3) is 0 Å². The number of nitrogens with zero attached hydrogens (tertiary/aromatic N) is 1. The molecular formula is C12H14N2O. The first kappa shape index (κ1) is 8.92. The summed E-state index contributed by atoms with van der Waals surface area (Å²) in [7, 11) is 1.81. The number of fused-ring (bicyclic) bond motifs is 3. The molecule has 2 aliphatic rings. The van der Waals surface area contributed by atoms with Gasteiger partial charge in [0.2, 0.25) is 5.91 Å². The van der Waals surface area contributed by atoms with Crippen molar-refractivity contribution in [2.75, 3.05) is 11.9 Å². The molecule has 0 aromatic heterocycles. The number of hydrogen-bond acceptors (Lipinski definition) is 2. The van der Waals surface area contributed by atoms with Crippen molar-refractivity contribution in [2.24, 2.45) is 11.7 Å². The van der Waals surface area contributed by atoms with Gasteiger partial charge in [0, 0.05) is 12.7 Å². The molecule has 78 valence electrons. The molecule has 15 heavy (non-hydrogen) atoms.